The SMILES string of the molecule is O=C(N[C@H]1CCOC[C@H]1Nc1ccncn1)c1ccc2cc[nH]c2c1. The monoisotopic (exact) mass is 337 g/mol. The summed E-state index contributed by atoms with van der Waals surface area (Å²) in [6.45, 7) is 1.15. The number of carbonyl (C=O) groups is 1. The van der Waals surface area contributed by atoms with E-state index in [-0.39, 0.29) is 18.0 Å². The molecule has 4 rings (SSSR count). The number of H-pyrrole nitrogens is 1. The maximum Gasteiger partial charge on any atom is 0.251 e. The number of anilines is 1. The molecule has 128 valence electrons. The molecular weight excluding hydrogens is 318 g/mol. The van der Waals surface area contributed by atoms with E-state index < -0.39 is 0 Å². The summed E-state index contributed by atoms with van der Waals surface area (Å²) in [5.74, 6) is 0.635. The Morgan fingerprint density at radius 1 is 1.24 bits per heavy atom. The van der Waals surface area contributed by atoms with E-state index in [1.165, 1.54) is 6.33 Å². The predicted octanol–water partition coefficient (Wildman–Crippen LogP) is 1.96. The van der Waals surface area contributed by atoms with Gasteiger partial charge in [-0.15, -0.1) is 0 Å². The van der Waals surface area contributed by atoms with Gasteiger partial charge in [0.2, 0.25) is 0 Å². The van der Waals surface area contributed by atoms with Crippen LogP contribution in [0.5, 0.6) is 0 Å². The normalized spacial score (nSPS) is 20.3. The first-order valence-electron chi connectivity index (χ1n) is 8.28. The lowest BCUT2D eigenvalue weighted by Gasteiger charge is -2.33. The number of amides is 1. The fourth-order valence-corrected chi connectivity index (χ4v) is 3.06. The van der Waals surface area contributed by atoms with Gasteiger partial charge in [0.05, 0.1) is 18.7 Å². The third-order valence-corrected chi connectivity index (χ3v) is 4.41. The van der Waals surface area contributed by atoms with Crippen LogP contribution in [0, 0.1) is 0 Å². The van der Waals surface area contributed by atoms with Crippen molar-refractivity contribution in [1.29, 1.82) is 0 Å². The third kappa shape index (κ3) is 3.46. The average Bonchev–Trinajstić information content (AvgIpc) is 3.12. The highest BCUT2D eigenvalue weighted by molar-refractivity contribution is 5.98. The molecule has 0 bridgehead atoms. The maximum absolute atomic E-state index is 12.7. The number of benzene rings is 1. The Morgan fingerprint density at radius 3 is 3.08 bits per heavy atom. The van der Waals surface area contributed by atoms with Gasteiger partial charge in [0.15, 0.2) is 0 Å². The molecule has 7 nitrogen and oxygen atoms in total. The molecule has 0 aliphatic carbocycles. The van der Waals surface area contributed by atoms with Crippen molar-refractivity contribution in [3.05, 3.63) is 54.6 Å². The second-order valence-electron chi connectivity index (χ2n) is 6.07. The minimum atomic E-state index is -0.0853. The fourth-order valence-electron chi connectivity index (χ4n) is 3.06. The minimum absolute atomic E-state index is 0.0319. The topological polar surface area (TPSA) is 91.9 Å². The molecule has 1 aliphatic rings. The van der Waals surface area contributed by atoms with Crippen molar-refractivity contribution in [3.8, 4) is 0 Å². The van der Waals surface area contributed by atoms with Crippen molar-refractivity contribution in [2.75, 3.05) is 18.5 Å². The summed E-state index contributed by atoms with van der Waals surface area (Å²) in [6.07, 6.45) is 5.79. The molecule has 25 heavy (non-hydrogen) atoms. The summed E-state index contributed by atoms with van der Waals surface area (Å²) in [5.41, 5.74) is 1.59. The number of aromatic nitrogens is 3. The van der Waals surface area contributed by atoms with E-state index in [0.717, 1.165) is 23.1 Å². The van der Waals surface area contributed by atoms with Crippen LogP contribution >= 0.6 is 0 Å². The van der Waals surface area contributed by atoms with Crippen molar-refractivity contribution in [1.82, 2.24) is 20.3 Å². The van der Waals surface area contributed by atoms with Gasteiger partial charge in [-0.25, -0.2) is 9.97 Å². The van der Waals surface area contributed by atoms with Crippen LogP contribution < -0.4 is 10.6 Å². The van der Waals surface area contributed by atoms with E-state index in [9.17, 15) is 4.79 Å². The lowest BCUT2D eigenvalue weighted by Crippen LogP contribution is -2.52. The Morgan fingerprint density at radius 2 is 2.20 bits per heavy atom. The second-order valence-corrected chi connectivity index (χ2v) is 6.07. The smallest absolute Gasteiger partial charge is 0.251 e. The van der Waals surface area contributed by atoms with Gasteiger partial charge in [-0.3, -0.25) is 4.79 Å². The fraction of sp³-hybridized carbons (Fsp3) is 0.278. The van der Waals surface area contributed by atoms with E-state index in [1.807, 2.05) is 30.5 Å². The first-order chi connectivity index (χ1) is 12.3. The van der Waals surface area contributed by atoms with Crippen molar-refractivity contribution in [2.45, 2.75) is 18.5 Å². The third-order valence-electron chi connectivity index (χ3n) is 4.41. The van der Waals surface area contributed by atoms with Crippen LogP contribution in [0.3, 0.4) is 0 Å². The molecule has 1 amide bonds. The van der Waals surface area contributed by atoms with Gasteiger partial charge < -0.3 is 20.4 Å². The number of fused-ring (bicyclic) bond motifs is 1. The van der Waals surface area contributed by atoms with E-state index in [4.69, 9.17) is 4.74 Å². The molecule has 3 N–H and O–H groups in total. The highest BCUT2D eigenvalue weighted by Gasteiger charge is 2.27. The summed E-state index contributed by atoms with van der Waals surface area (Å²) in [5, 5.41) is 7.53. The number of aromatic amines is 1. The van der Waals surface area contributed by atoms with Crippen LogP contribution in [-0.2, 0) is 4.74 Å². The van der Waals surface area contributed by atoms with Crippen molar-refractivity contribution >= 4 is 22.6 Å². The predicted molar refractivity (Wildman–Crippen MR) is 94.4 cm³/mol. The highest BCUT2D eigenvalue weighted by Crippen LogP contribution is 2.16. The number of nitrogens with one attached hydrogen (secondary N) is 3. The van der Waals surface area contributed by atoms with Gasteiger partial charge in [0.25, 0.3) is 5.91 Å². The Kier molecular flexibility index (Phi) is 4.30. The van der Waals surface area contributed by atoms with Crippen LogP contribution in [0.2, 0.25) is 0 Å². The number of ether oxygens (including phenoxy) is 1. The van der Waals surface area contributed by atoms with Gasteiger partial charge in [-0.05, 0) is 36.1 Å². The van der Waals surface area contributed by atoms with Gasteiger partial charge >= 0.3 is 0 Å². The number of rotatable bonds is 4. The van der Waals surface area contributed by atoms with Crippen molar-refractivity contribution in [3.63, 3.8) is 0 Å². The Hall–Kier alpha value is -2.93. The molecular formula is C18H19N5O2. The molecule has 1 aromatic carbocycles. The van der Waals surface area contributed by atoms with E-state index in [1.54, 1.807) is 12.3 Å². The lowest BCUT2D eigenvalue weighted by molar-refractivity contribution is 0.0620. The zero-order chi connectivity index (χ0) is 17.1. The molecule has 1 aliphatic heterocycles. The molecule has 0 radical (unpaired) electrons. The van der Waals surface area contributed by atoms with Crippen LogP contribution in [0.1, 0.15) is 16.8 Å². The summed E-state index contributed by atoms with van der Waals surface area (Å²) in [4.78, 5) is 23.9. The second kappa shape index (κ2) is 6.90. The van der Waals surface area contributed by atoms with Crippen LogP contribution in [0.15, 0.2) is 49.1 Å². The van der Waals surface area contributed by atoms with Gasteiger partial charge in [0, 0.05) is 30.1 Å². The Balaban J connectivity index is 1.47. The molecule has 2 aromatic heterocycles. The van der Waals surface area contributed by atoms with Crippen molar-refractivity contribution in [2.24, 2.45) is 0 Å². The quantitative estimate of drug-likeness (QED) is 0.677. The zero-order valence-electron chi connectivity index (χ0n) is 13.6. The average molecular weight is 337 g/mol. The molecule has 3 heterocycles. The van der Waals surface area contributed by atoms with Crippen LogP contribution in [-0.4, -0.2) is 46.2 Å². The van der Waals surface area contributed by atoms with E-state index in [2.05, 4.69) is 25.6 Å². The molecule has 7 heteroatoms. The largest absolute Gasteiger partial charge is 0.379 e. The molecule has 1 saturated heterocycles. The molecule has 2 atom stereocenters. The van der Waals surface area contributed by atoms with Gasteiger partial charge in [-0.2, -0.15) is 0 Å². The summed E-state index contributed by atoms with van der Waals surface area (Å²) >= 11 is 0. The van der Waals surface area contributed by atoms with Gasteiger partial charge in [0.1, 0.15) is 12.1 Å². The van der Waals surface area contributed by atoms with E-state index in [0.29, 0.717) is 18.8 Å². The zero-order valence-corrected chi connectivity index (χ0v) is 13.6. The maximum atomic E-state index is 12.7. The molecule has 3 aromatic rings. The summed E-state index contributed by atoms with van der Waals surface area (Å²) in [6, 6.07) is 9.37. The standard InChI is InChI=1S/C18H19N5O2/c24-18(13-2-1-12-3-7-20-15(12)9-13)23-14-5-8-25-10-16(14)22-17-4-6-19-11-21-17/h1-4,6-7,9,11,14,16,20H,5,8,10H2,(H,23,24)(H,19,21,22)/t14-,16+/m0/s1. The first kappa shape index (κ1) is 15.6. The Bertz CT molecular complexity index is 864. The van der Waals surface area contributed by atoms with Gasteiger partial charge in [-0.1, -0.05) is 6.07 Å². The Labute approximate surface area is 144 Å². The number of hydrogen-bond donors (Lipinski definition) is 3. The summed E-state index contributed by atoms with van der Waals surface area (Å²) < 4.78 is 5.56. The lowest BCUT2D eigenvalue weighted by atomic mass is 10.0. The van der Waals surface area contributed by atoms with Crippen molar-refractivity contribution < 1.29 is 9.53 Å². The van der Waals surface area contributed by atoms with Crippen LogP contribution in [0.25, 0.3) is 10.9 Å². The van der Waals surface area contributed by atoms with Crippen LogP contribution in [0.4, 0.5) is 5.82 Å². The number of hydrogen-bond acceptors (Lipinski definition) is 5. The van der Waals surface area contributed by atoms with E-state index >= 15 is 0 Å². The molecule has 0 spiro atoms. The number of nitrogens with zero attached hydrogens (tertiary/aromatic N) is 2. The summed E-state index contributed by atoms with van der Waals surface area (Å²) in [7, 11) is 0. The number of carbonyl (C=O) groups excluding carboxylic acids is 1. The minimum Gasteiger partial charge on any atom is -0.379 e. The molecule has 1 fully saturated rings. The highest BCUT2D eigenvalue weighted by atomic mass is 16.5. The molecule has 0 saturated carbocycles. The molecule has 0 unspecified atom stereocenters. The first-order valence-corrected chi connectivity index (χ1v) is 8.28.